The zero-order chi connectivity index (χ0) is 18.6. The summed E-state index contributed by atoms with van der Waals surface area (Å²) >= 11 is 9.19. The van der Waals surface area contributed by atoms with Gasteiger partial charge in [0.15, 0.2) is 0 Å². The lowest BCUT2D eigenvalue weighted by Gasteiger charge is -2.14. The number of rotatable bonds is 5. The molecule has 9 heteroatoms. The number of nitrogens with zero attached hydrogens (tertiary/aromatic N) is 3. The summed E-state index contributed by atoms with van der Waals surface area (Å²) in [6.45, 7) is 0. The Morgan fingerprint density at radius 2 is 2.04 bits per heavy atom. The van der Waals surface area contributed by atoms with E-state index in [0.717, 1.165) is 21.8 Å². The Balaban J connectivity index is 2.09. The highest BCUT2D eigenvalue weighted by Crippen LogP contribution is 2.26. The van der Waals surface area contributed by atoms with Gasteiger partial charge in [-0.2, -0.15) is 5.10 Å². The van der Waals surface area contributed by atoms with Crippen LogP contribution in [0, 0.1) is 10.1 Å². The fourth-order valence-corrected chi connectivity index (χ4v) is 2.93. The van der Waals surface area contributed by atoms with Crippen LogP contribution < -0.4 is 10.3 Å². The Hall–Kier alpha value is -2.45. The lowest BCUT2D eigenvalue weighted by Crippen LogP contribution is -2.17. The lowest BCUT2D eigenvalue weighted by molar-refractivity contribution is -0.384. The number of amides is 1. The molecule has 0 aliphatic carbocycles. The van der Waals surface area contributed by atoms with Crippen LogP contribution in [0.4, 0.5) is 11.4 Å². The average molecular weight is 426 g/mol. The van der Waals surface area contributed by atoms with E-state index in [4.69, 9.17) is 11.6 Å². The molecule has 0 fully saturated rings. The predicted molar refractivity (Wildman–Crippen MR) is 102 cm³/mol. The normalized spacial score (nSPS) is 10.7. The van der Waals surface area contributed by atoms with E-state index in [1.807, 2.05) is 37.2 Å². The molecule has 130 valence electrons. The van der Waals surface area contributed by atoms with Crippen LogP contribution in [0.2, 0.25) is 5.02 Å². The maximum Gasteiger partial charge on any atom is 0.288 e. The number of carbonyl (C=O) groups is 1. The van der Waals surface area contributed by atoms with Crippen LogP contribution in [0.25, 0.3) is 0 Å². The highest BCUT2D eigenvalue weighted by Gasteiger charge is 2.15. The fourth-order valence-electron chi connectivity index (χ4n) is 1.99. The van der Waals surface area contributed by atoms with E-state index < -0.39 is 10.8 Å². The molecule has 0 unspecified atom stereocenters. The maximum absolute atomic E-state index is 12.0. The summed E-state index contributed by atoms with van der Waals surface area (Å²) in [6.07, 6.45) is 1.48. The second-order valence-electron chi connectivity index (χ2n) is 5.23. The quantitative estimate of drug-likeness (QED) is 0.448. The van der Waals surface area contributed by atoms with Crippen molar-refractivity contribution in [2.45, 2.75) is 0 Å². The van der Waals surface area contributed by atoms with Crippen molar-refractivity contribution >= 4 is 51.0 Å². The zero-order valence-electron chi connectivity index (χ0n) is 13.4. The molecule has 0 radical (unpaired) electrons. The van der Waals surface area contributed by atoms with Crippen molar-refractivity contribution in [3.05, 3.63) is 67.1 Å². The van der Waals surface area contributed by atoms with Gasteiger partial charge in [0.05, 0.1) is 16.8 Å². The third kappa shape index (κ3) is 4.77. The molecule has 1 amide bonds. The number of nitrogens with one attached hydrogen (secondary N) is 1. The van der Waals surface area contributed by atoms with Crippen LogP contribution in [-0.4, -0.2) is 31.1 Å². The van der Waals surface area contributed by atoms with Crippen LogP contribution in [0.5, 0.6) is 0 Å². The van der Waals surface area contributed by atoms with Crippen molar-refractivity contribution < 1.29 is 9.72 Å². The minimum absolute atomic E-state index is 0.0316. The van der Waals surface area contributed by atoms with Gasteiger partial charge in [0.25, 0.3) is 11.6 Å². The van der Waals surface area contributed by atoms with Crippen molar-refractivity contribution in [1.82, 2.24) is 5.43 Å². The number of hydrogen-bond acceptors (Lipinski definition) is 5. The minimum Gasteiger partial charge on any atom is -0.377 e. The molecular weight excluding hydrogens is 412 g/mol. The van der Waals surface area contributed by atoms with Crippen LogP contribution in [0.3, 0.4) is 0 Å². The monoisotopic (exact) mass is 424 g/mol. The van der Waals surface area contributed by atoms with Gasteiger partial charge >= 0.3 is 0 Å². The Morgan fingerprint density at radius 1 is 1.32 bits per heavy atom. The van der Waals surface area contributed by atoms with E-state index in [1.54, 1.807) is 0 Å². The van der Waals surface area contributed by atoms with Crippen molar-refractivity contribution in [3.8, 4) is 0 Å². The third-order valence-electron chi connectivity index (χ3n) is 3.24. The number of halogens is 2. The summed E-state index contributed by atoms with van der Waals surface area (Å²) in [5.41, 5.74) is 3.88. The maximum atomic E-state index is 12.0. The zero-order valence-corrected chi connectivity index (χ0v) is 15.7. The van der Waals surface area contributed by atoms with E-state index in [9.17, 15) is 14.9 Å². The van der Waals surface area contributed by atoms with E-state index in [0.29, 0.717) is 0 Å². The SMILES string of the molecule is CN(C)c1ccc(/C=N\NC(=O)c2ccc(Cl)c([N+](=O)[O-])c2)cc1Br. The summed E-state index contributed by atoms with van der Waals surface area (Å²) in [5, 5.41) is 14.7. The molecule has 2 aromatic rings. The Labute approximate surface area is 157 Å². The molecule has 25 heavy (non-hydrogen) atoms. The van der Waals surface area contributed by atoms with Crippen LogP contribution >= 0.6 is 27.5 Å². The molecule has 0 saturated carbocycles. The highest BCUT2D eigenvalue weighted by molar-refractivity contribution is 9.10. The molecule has 0 spiro atoms. The molecule has 7 nitrogen and oxygen atoms in total. The lowest BCUT2D eigenvalue weighted by atomic mass is 10.2. The second-order valence-corrected chi connectivity index (χ2v) is 6.49. The summed E-state index contributed by atoms with van der Waals surface area (Å²) < 4.78 is 0.890. The first-order valence-electron chi connectivity index (χ1n) is 7.04. The van der Waals surface area contributed by atoms with Crippen LogP contribution in [0.15, 0.2) is 46.0 Å². The molecule has 2 rings (SSSR count). The van der Waals surface area contributed by atoms with Gasteiger partial charge in [0.1, 0.15) is 5.02 Å². The van der Waals surface area contributed by atoms with Gasteiger partial charge in [-0.1, -0.05) is 17.7 Å². The van der Waals surface area contributed by atoms with E-state index in [-0.39, 0.29) is 16.3 Å². The van der Waals surface area contributed by atoms with E-state index in [1.165, 1.54) is 18.3 Å². The molecule has 0 atom stereocenters. The standard InChI is InChI=1S/C16H14BrClN4O3/c1-21(2)14-6-3-10(7-12(14)17)9-19-20-16(23)11-4-5-13(18)15(8-11)22(24)25/h3-9H,1-2H3,(H,20,23)/b19-9-. The summed E-state index contributed by atoms with van der Waals surface area (Å²) in [5.74, 6) is -0.569. The van der Waals surface area contributed by atoms with Crippen molar-refractivity contribution in [2.75, 3.05) is 19.0 Å². The second kappa shape index (κ2) is 8.09. The molecule has 0 heterocycles. The molecular formula is C16H14BrClN4O3. The average Bonchev–Trinajstić information content (AvgIpc) is 2.54. The number of hydrazone groups is 1. The van der Waals surface area contributed by atoms with Crippen LogP contribution in [0.1, 0.15) is 15.9 Å². The van der Waals surface area contributed by atoms with Gasteiger partial charge in [-0.15, -0.1) is 0 Å². The molecule has 2 aromatic carbocycles. The minimum atomic E-state index is -0.647. The van der Waals surface area contributed by atoms with Gasteiger partial charge in [0.2, 0.25) is 0 Å². The predicted octanol–water partition coefficient (Wildman–Crippen LogP) is 3.84. The number of nitro benzene ring substituents is 1. The molecule has 0 bridgehead atoms. The smallest absolute Gasteiger partial charge is 0.288 e. The van der Waals surface area contributed by atoms with Crippen molar-refractivity contribution in [2.24, 2.45) is 5.10 Å². The molecule has 1 N–H and O–H groups in total. The molecule has 0 aromatic heterocycles. The first kappa shape index (κ1) is 18.9. The van der Waals surface area contributed by atoms with E-state index in [2.05, 4.69) is 26.5 Å². The van der Waals surface area contributed by atoms with Gasteiger partial charge in [-0.3, -0.25) is 14.9 Å². The summed E-state index contributed by atoms with van der Waals surface area (Å²) in [7, 11) is 3.86. The number of anilines is 1. The Morgan fingerprint density at radius 3 is 2.64 bits per heavy atom. The Bertz CT molecular complexity index is 855. The first-order valence-corrected chi connectivity index (χ1v) is 8.21. The van der Waals surface area contributed by atoms with E-state index >= 15 is 0 Å². The summed E-state index contributed by atoms with van der Waals surface area (Å²) in [4.78, 5) is 24.2. The largest absolute Gasteiger partial charge is 0.377 e. The third-order valence-corrected chi connectivity index (χ3v) is 4.19. The first-order chi connectivity index (χ1) is 11.8. The van der Waals surface area contributed by atoms with Gasteiger partial charge < -0.3 is 4.90 Å². The molecule has 0 aliphatic rings. The topological polar surface area (TPSA) is 87.8 Å². The van der Waals surface area contributed by atoms with Gasteiger partial charge in [-0.05, 0) is 45.8 Å². The fraction of sp³-hybridized carbons (Fsp3) is 0.125. The number of hydrogen-bond donors (Lipinski definition) is 1. The summed E-state index contributed by atoms with van der Waals surface area (Å²) in [6, 6.07) is 9.42. The van der Waals surface area contributed by atoms with Crippen molar-refractivity contribution in [1.29, 1.82) is 0 Å². The molecule has 0 saturated heterocycles. The van der Waals surface area contributed by atoms with Gasteiger partial charge in [0, 0.05) is 30.2 Å². The highest BCUT2D eigenvalue weighted by atomic mass is 79.9. The number of nitro groups is 1. The molecule has 0 aliphatic heterocycles. The van der Waals surface area contributed by atoms with Crippen molar-refractivity contribution in [3.63, 3.8) is 0 Å². The Kier molecular flexibility index (Phi) is 6.11. The van der Waals surface area contributed by atoms with Gasteiger partial charge in [-0.25, -0.2) is 5.43 Å². The number of benzene rings is 2. The number of carbonyl (C=O) groups excluding carboxylic acids is 1. The van der Waals surface area contributed by atoms with Crippen LogP contribution in [-0.2, 0) is 0 Å².